The fourth-order valence-electron chi connectivity index (χ4n) is 3.84. The molecule has 0 radical (unpaired) electrons. The van der Waals surface area contributed by atoms with Gasteiger partial charge in [-0.2, -0.15) is 0 Å². The lowest BCUT2D eigenvalue weighted by Crippen LogP contribution is -2.28. The summed E-state index contributed by atoms with van der Waals surface area (Å²) in [4.78, 5) is 0. The third-order valence-corrected chi connectivity index (χ3v) is 5.73. The molecule has 1 aromatic rings. The van der Waals surface area contributed by atoms with Crippen molar-refractivity contribution in [3.8, 4) is 0 Å². The van der Waals surface area contributed by atoms with E-state index in [4.69, 9.17) is 0 Å². The second-order valence-corrected chi connectivity index (χ2v) is 7.60. The monoisotopic (exact) mass is 319 g/mol. The molecule has 0 aromatic heterocycles. The van der Waals surface area contributed by atoms with E-state index in [1.807, 2.05) is 0 Å². The molecular formula is C17H22BrN. The van der Waals surface area contributed by atoms with Gasteiger partial charge in [-0.3, -0.25) is 0 Å². The van der Waals surface area contributed by atoms with E-state index in [-0.39, 0.29) is 0 Å². The quantitative estimate of drug-likeness (QED) is 0.844. The van der Waals surface area contributed by atoms with Crippen molar-refractivity contribution in [2.75, 3.05) is 6.54 Å². The van der Waals surface area contributed by atoms with Gasteiger partial charge in [-0.1, -0.05) is 22.0 Å². The number of benzene rings is 1. The number of hydrogen-bond donors (Lipinski definition) is 1. The minimum Gasteiger partial charge on any atom is -0.310 e. The first-order valence-corrected chi connectivity index (χ1v) is 8.62. The molecule has 0 spiro atoms. The molecule has 0 heterocycles. The van der Waals surface area contributed by atoms with Crippen molar-refractivity contribution in [2.24, 2.45) is 17.8 Å². The van der Waals surface area contributed by atoms with Crippen molar-refractivity contribution in [1.82, 2.24) is 5.32 Å². The largest absolute Gasteiger partial charge is 0.310 e. The van der Waals surface area contributed by atoms with Crippen molar-refractivity contribution in [3.63, 3.8) is 0 Å². The van der Waals surface area contributed by atoms with E-state index in [0.717, 1.165) is 17.8 Å². The van der Waals surface area contributed by atoms with Crippen LogP contribution in [0.1, 0.15) is 49.3 Å². The van der Waals surface area contributed by atoms with Crippen LogP contribution in [0.4, 0.5) is 0 Å². The normalized spacial score (nSPS) is 25.9. The molecule has 3 aliphatic rings. The molecule has 0 bridgehead atoms. The first-order chi connectivity index (χ1) is 9.31. The van der Waals surface area contributed by atoms with Crippen LogP contribution in [0.15, 0.2) is 22.7 Å². The fourth-order valence-corrected chi connectivity index (χ4v) is 4.25. The highest BCUT2D eigenvalue weighted by Crippen LogP contribution is 2.49. The van der Waals surface area contributed by atoms with E-state index in [9.17, 15) is 0 Å². The highest BCUT2D eigenvalue weighted by molar-refractivity contribution is 9.10. The van der Waals surface area contributed by atoms with E-state index in [2.05, 4.69) is 39.4 Å². The molecule has 1 atom stereocenters. The van der Waals surface area contributed by atoms with E-state index >= 15 is 0 Å². The summed E-state index contributed by atoms with van der Waals surface area (Å²) in [6, 6.07) is 7.42. The molecule has 1 aromatic carbocycles. The lowest BCUT2D eigenvalue weighted by Gasteiger charge is -2.20. The zero-order chi connectivity index (χ0) is 12.8. The van der Waals surface area contributed by atoms with Gasteiger partial charge < -0.3 is 5.32 Å². The van der Waals surface area contributed by atoms with Gasteiger partial charge in [0.2, 0.25) is 0 Å². The van der Waals surface area contributed by atoms with Gasteiger partial charge in [0.05, 0.1) is 0 Å². The molecule has 0 amide bonds. The molecule has 0 aliphatic heterocycles. The Labute approximate surface area is 124 Å². The van der Waals surface area contributed by atoms with Crippen molar-refractivity contribution >= 4 is 15.9 Å². The topological polar surface area (TPSA) is 12.0 Å². The summed E-state index contributed by atoms with van der Waals surface area (Å²) < 4.78 is 1.22. The van der Waals surface area contributed by atoms with Crippen LogP contribution < -0.4 is 5.32 Å². The summed E-state index contributed by atoms with van der Waals surface area (Å²) in [5, 5.41) is 3.88. The van der Waals surface area contributed by atoms with E-state index in [0.29, 0.717) is 6.04 Å². The van der Waals surface area contributed by atoms with Crippen molar-refractivity contribution in [3.05, 3.63) is 33.8 Å². The second-order valence-electron chi connectivity index (χ2n) is 6.68. The molecule has 2 fully saturated rings. The van der Waals surface area contributed by atoms with E-state index in [1.54, 1.807) is 11.1 Å². The summed E-state index contributed by atoms with van der Waals surface area (Å²) in [5.74, 6) is 3.11. The predicted molar refractivity (Wildman–Crippen MR) is 82.1 cm³/mol. The fraction of sp³-hybridized carbons (Fsp3) is 0.647. The van der Waals surface area contributed by atoms with Crippen LogP contribution in [-0.2, 0) is 6.42 Å². The number of rotatable bonds is 5. The number of hydrogen-bond acceptors (Lipinski definition) is 1. The van der Waals surface area contributed by atoms with Crippen LogP contribution >= 0.6 is 15.9 Å². The Morgan fingerprint density at radius 1 is 1.11 bits per heavy atom. The van der Waals surface area contributed by atoms with Crippen molar-refractivity contribution in [2.45, 2.75) is 44.6 Å². The summed E-state index contributed by atoms with van der Waals surface area (Å²) in [7, 11) is 0. The molecule has 102 valence electrons. The average molecular weight is 320 g/mol. The van der Waals surface area contributed by atoms with E-state index < -0.39 is 0 Å². The van der Waals surface area contributed by atoms with Gasteiger partial charge in [-0.15, -0.1) is 0 Å². The van der Waals surface area contributed by atoms with Crippen LogP contribution in [0.5, 0.6) is 0 Å². The second kappa shape index (κ2) is 4.89. The molecule has 1 nitrogen and oxygen atoms in total. The smallest absolute Gasteiger partial charge is 0.0326 e. The summed E-state index contributed by atoms with van der Waals surface area (Å²) in [5.41, 5.74) is 3.09. The molecular weight excluding hydrogens is 298 g/mol. The Morgan fingerprint density at radius 2 is 1.84 bits per heavy atom. The Hall–Kier alpha value is -0.340. The highest BCUT2D eigenvalue weighted by Gasteiger charge is 2.41. The van der Waals surface area contributed by atoms with Gasteiger partial charge in [-0.05, 0) is 86.1 Å². The Kier molecular flexibility index (Phi) is 3.19. The number of fused-ring (bicyclic) bond motifs is 1. The average Bonchev–Trinajstić information content (AvgIpc) is 3.29. The number of aryl methyl sites for hydroxylation is 1. The molecule has 19 heavy (non-hydrogen) atoms. The molecule has 0 saturated heterocycles. The van der Waals surface area contributed by atoms with E-state index in [1.165, 1.54) is 49.5 Å². The number of nitrogens with one attached hydrogen (secondary N) is 1. The molecule has 3 aliphatic carbocycles. The zero-order valence-corrected chi connectivity index (χ0v) is 13.0. The Balaban J connectivity index is 1.41. The summed E-state index contributed by atoms with van der Waals surface area (Å²) >= 11 is 3.58. The maximum Gasteiger partial charge on any atom is 0.0326 e. The van der Waals surface area contributed by atoms with Gasteiger partial charge in [-0.25, -0.2) is 0 Å². The maximum absolute atomic E-state index is 3.88. The lowest BCUT2D eigenvalue weighted by molar-refractivity contribution is 0.355. The summed E-state index contributed by atoms with van der Waals surface area (Å²) in [6.45, 7) is 1.26. The number of halogens is 1. The maximum atomic E-state index is 3.88. The van der Waals surface area contributed by atoms with Gasteiger partial charge in [0.15, 0.2) is 0 Å². The summed E-state index contributed by atoms with van der Waals surface area (Å²) in [6.07, 6.45) is 8.51. The Morgan fingerprint density at radius 3 is 2.53 bits per heavy atom. The van der Waals surface area contributed by atoms with Crippen molar-refractivity contribution in [1.29, 1.82) is 0 Å². The molecule has 2 saturated carbocycles. The van der Waals surface area contributed by atoms with Gasteiger partial charge in [0, 0.05) is 10.5 Å². The first kappa shape index (κ1) is 12.4. The SMILES string of the molecule is Brc1ccc2c(c1)CCC2NCC(C1CC1)C1CC1. The van der Waals surface area contributed by atoms with Crippen LogP contribution in [0.25, 0.3) is 0 Å². The Bertz CT molecular complexity index is 464. The third kappa shape index (κ3) is 2.62. The molecule has 1 unspecified atom stereocenters. The van der Waals surface area contributed by atoms with Gasteiger partial charge in [0.1, 0.15) is 0 Å². The van der Waals surface area contributed by atoms with Crippen molar-refractivity contribution < 1.29 is 0 Å². The standard InChI is InChI=1S/C17H22BrN/c18-14-6-7-15-13(9-14)5-8-17(15)19-10-16(11-1-2-11)12-3-4-12/h6-7,9,11-12,16-17,19H,1-5,8,10H2. The minimum absolute atomic E-state index is 0.614. The van der Waals surface area contributed by atoms with Crippen LogP contribution in [0.3, 0.4) is 0 Å². The van der Waals surface area contributed by atoms with Crippen LogP contribution in [0, 0.1) is 17.8 Å². The third-order valence-electron chi connectivity index (χ3n) is 5.24. The molecule has 2 heteroatoms. The van der Waals surface area contributed by atoms with Crippen LogP contribution in [-0.4, -0.2) is 6.54 Å². The molecule has 4 rings (SSSR count). The molecule has 1 N–H and O–H groups in total. The van der Waals surface area contributed by atoms with Gasteiger partial charge >= 0.3 is 0 Å². The predicted octanol–water partition coefficient (Wildman–Crippen LogP) is 4.46. The van der Waals surface area contributed by atoms with Crippen LogP contribution in [0.2, 0.25) is 0 Å². The lowest BCUT2D eigenvalue weighted by atomic mass is 9.97. The first-order valence-electron chi connectivity index (χ1n) is 7.83. The van der Waals surface area contributed by atoms with Gasteiger partial charge in [0.25, 0.3) is 0 Å². The zero-order valence-electron chi connectivity index (χ0n) is 11.4. The minimum atomic E-state index is 0.614. The highest BCUT2D eigenvalue weighted by atomic mass is 79.9.